The van der Waals surface area contributed by atoms with Gasteiger partial charge in [-0.15, -0.1) is 0 Å². The molecule has 0 radical (unpaired) electrons. The molecule has 0 unspecified atom stereocenters. The minimum absolute atomic E-state index is 0.281. The summed E-state index contributed by atoms with van der Waals surface area (Å²) < 4.78 is 0. The summed E-state index contributed by atoms with van der Waals surface area (Å²) >= 11 is 5.89. The van der Waals surface area contributed by atoms with Gasteiger partial charge in [-0.2, -0.15) is 0 Å². The minimum atomic E-state index is -0.920. The Hall–Kier alpha value is -2.00. The van der Waals surface area contributed by atoms with E-state index in [9.17, 15) is 4.79 Å². The number of carboxylic acid groups (broad SMARTS) is 1. The molecule has 0 saturated heterocycles. The average molecular weight is 262 g/mol. The van der Waals surface area contributed by atoms with Gasteiger partial charge in [0.1, 0.15) is 0 Å². The molecule has 2 aromatic rings. The summed E-state index contributed by atoms with van der Waals surface area (Å²) in [6.45, 7) is 0.646. The van der Waals surface area contributed by atoms with Gasteiger partial charge in [0.2, 0.25) is 0 Å². The number of benzene rings is 2. The zero-order chi connectivity index (χ0) is 13.0. The molecule has 2 aromatic carbocycles. The number of aromatic carboxylic acids is 1. The Morgan fingerprint density at radius 3 is 2.50 bits per heavy atom. The molecule has 3 nitrogen and oxygen atoms in total. The third kappa shape index (κ3) is 3.25. The number of anilines is 1. The second kappa shape index (κ2) is 5.56. The van der Waals surface area contributed by atoms with Crippen LogP contribution in [0.4, 0.5) is 5.69 Å². The predicted octanol–water partition coefficient (Wildman–Crippen LogP) is 3.65. The molecule has 0 aliphatic carbocycles. The molecule has 18 heavy (non-hydrogen) atoms. The van der Waals surface area contributed by atoms with Crippen molar-refractivity contribution in [3.63, 3.8) is 0 Å². The van der Waals surface area contributed by atoms with Gasteiger partial charge in [-0.25, -0.2) is 4.79 Å². The van der Waals surface area contributed by atoms with Gasteiger partial charge in [-0.1, -0.05) is 23.7 Å². The van der Waals surface area contributed by atoms with Crippen LogP contribution in [-0.4, -0.2) is 11.1 Å². The van der Waals surface area contributed by atoms with Gasteiger partial charge in [-0.05, 0) is 42.0 Å². The van der Waals surface area contributed by atoms with Gasteiger partial charge >= 0.3 is 5.97 Å². The van der Waals surface area contributed by atoms with Gasteiger partial charge in [0.05, 0.1) is 5.56 Å². The summed E-state index contributed by atoms with van der Waals surface area (Å²) in [5.41, 5.74) is 2.23. The first-order valence-electron chi connectivity index (χ1n) is 5.47. The van der Waals surface area contributed by atoms with Crippen molar-refractivity contribution in [2.24, 2.45) is 0 Å². The Labute approximate surface area is 110 Å². The standard InChI is InChI=1S/C14H12ClNO2/c15-12-3-1-2-10(8-12)9-16-13-6-4-11(5-7-13)14(17)18/h1-8,16H,9H2,(H,17,18). The monoisotopic (exact) mass is 261 g/mol. The molecule has 4 heteroatoms. The van der Waals surface area contributed by atoms with E-state index in [-0.39, 0.29) is 5.56 Å². The van der Waals surface area contributed by atoms with E-state index >= 15 is 0 Å². The zero-order valence-electron chi connectivity index (χ0n) is 9.56. The van der Waals surface area contributed by atoms with Crippen molar-refractivity contribution in [2.45, 2.75) is 6.54 Å². The van der Waals surface area contributed by atoms with E-state index in [4.69, 9.17) is 16.7 Å². The van der Waals surface area contributed by atoms with Crippen molar-refractivity contribution >= 4 is 23.3 Å². The van der Waals surface area contributed by atoms with Crippen LogP contribution in [0.2, 0.25) is 5.02 Å². The van der Waals surface area contributed by atoms with Crippen molar-refractivity contribution in [3.05, 3.63) is 64.7 Å². The first-order chi connectivity index (χ1) is 8.65. The second-order valence-corrected chi connectivity index (χ2v) is 4.30. The highest BCUT2D eigenvalue weighted by Gasteiger charge is 2.01. The summed E-state index contributed by atoms with van der Waals surface area (Å²) in [7, 11) is 0. The highest BCUT2D eigenvalue weighted by atomic mass is 35.5. The third-order valence-corrected chi connectivity index (χ3v) is 2.75. The first-order valence-corrected chi connectivity index (χ1v) is 5.84. The Bertz CT molecular complexity index is 552. The van der Waals surface area contributed by atoms with E-state index in [0.29, 0.717) is 11.6 Å². The van der Waals surface area contributed by atoms with Crippen LogP contribution in [0.3, 0.4) is 0 Å². The Balaban J connectivity index is 2.00. The molecule has 0 aliphatic rings. The third-order valence-electron chi connectivity index (χ3n) is 2.52. The number of nitrogens with one attached hydrogen (secondary N) is 1. The summed E-state index contributed by atoms with van der Waals surface area (Å²) in [6, 6.07) is 14.2. The maximum Gasteiger partial charge on any atom is 0.335 e. The molecule has 0 fully saturated rings. The number of hydrogen-bond donors (Lipinski definition) is 2. The van der Waals surface area contributed by atoms with E-state index < -0.39 is 5.97 Å². The van der Waals surface area contributed by atoms with Gasteiger partial charge in [0.15, 0.2) is 0 Å². The van der Waals surface area contributed by atoms with Crippen LogP contribution >= 0.6 is 11.6 Å². The van der Waals surface area contributed by atoms with E-state index in [0.717, 1.165) is 11.3 Å². The van der Waals surface area contributed by atoms with Gasteiger partial charge in [0, 0.05) is 17.3 Å². The fraction of sp³-hybridized carbons (Fsp3) is 0.0714. The van der Waals surface area contributed by atoms with Crippen molar-refractivity contribution < 1.29 is 9.90 Å². The van der Waals surface area contributed by atoms with Crippen molar-refractivity contribution in [3.8, 4) is 0 Å². The predicted molar refractivity (Wildman–Crippen MR) is 72.2 cm³/mol. The number of rotatable bonds is 4. The van der Waals surface area contributed by atoms with Gasteiger partial charge in [0.25, 0.3) is 0 Å². The van der Waals surface area contributed by atoms with Crippen molar-refractivity contribution in [1.82, 2.24) is 0 Å². The van der Waals surface area contributed by atoms with Crippen molar-refractivity contribution in [1.29, 1.82) is 0 Å². The van der Waals surface area contributed by atoms with Crippen LogP contribution in [0.1, 0.15) is 15.9 Å². The van der Waals surface area contributed by atoms with Crippen LogP contribution < -0.4 is 5.32 Å². The van der Waals surface area contributed by atoms with E-state index in [1.54, 1.807) is 24.3 Å². The molecule has 0 atom stereocenters. The highest BCUT2D eigenvalue weighted by molar-refractivity contribution is 6.30. The number of carbonyl (C=O) groups is 1. The lowest BCUT2D eigenvalue weighted by atomic mass is 10.2. The normalized spacial score (nSPS) is 10.1. The Kier molecular flexibility index (Phi) is 3.85. The molecule has 0 heterocycles. The van der Waals surface area contributed by atoms with Crippen molar-refractivity contribution in [2.75, 3.05) is 5.32 Å². The summed E-state index contributed by atoms with van der Waals surface area (Å²) in [6.07, 6.45) is 0. The number of halogens is 1. The molecule has 0 aromatic heterocycles. The molecule has 0 bridgehead atoms. The summed E-state index contributed by atoms with van der Waals surface area (Å²) in [4.78, 5) is 10.7. The highest BCUT2D eigenvalue weighted by Crippen LogP contribution is 2.14. The molecule has 0 aliphatic heterocycles. The lowest BCUT2D eigenvalue weighted by Crippen LogP contribution is -2.00. The molecule has 2 rings (SSSR count). The summed E-state index contributed by atoms with van der Waals surface area (Å²) in [5.74, 6) is -0.920. The van der Waals surface area contributed by atoms with Crippen LogP contribution in [0, 0.1) is 0 Å². The molecular weight excluding hydrogens is 250 g/mol. The van der Waals surface area contributed by atoms with E-state index in [1.807, 2.05) is 24.3 Å². The Morgan fingerprint density at radius 1 is 1.17 bits per heavy atom. The van der Waals surface area contributed by atoms with Crippen LogP contribution in [0.15, 0.2) is 48.5 Å². The van der Waals surface area contributed by atoms with Gasteiger partial charge in [-0.3, -0.25) is 0 Å². The lowest BCUT2D eigenvalue weighted by Gasteiger charge is -2.07. The van der Waals surface area contributed by atoms with Gasteiger partial charge < -0.3 is 10.4 Å². The quantitative estimate of drug-likeness (QED) is 0.883. The SMILES string of the molecule is O=C(O)c1ccc(NCc2cccc(Cl)c2)cc1. The molecule has 92 valence electrons. The molecule has 0 saturated carbocycles. The molecule has 0 spiro atoms. The maximum atomic E-state index is 10.7. The lowest BCUT2D eigenvalue weighted by molar-refractivity contribution is 0.0697. The zero-order valence-corrected chi connectivity index (χ0v) is 10.3. The minimum Gasteiger partial charge on any atom is -0.478 e. The molecule has 0 amide bonds. The average Bonchev–Trinajstić information content (AvgIpc) is 2.37. The number of carboxylic acids is 1. The summed E-state index contributed by atoms with van der Waals surface area (Å²) in [5, 5.41) is 12.7. The van der Waals surface area contributed by atoms with Crippen LogP contribution in [0.5, 0.6) is 0 Å². The smallest absolute Gasteiger partial charge is 0.335 e. The fourth-order valence-electron chi connectivity index (χ4n) is 1.58. The van der Waals surface area contributed by atoms with E-state index in [1.165, 1.54) is 0 Å². The maximum absolute atomic E-state index is 10.7. The molecular formula is C14H12ClNO2. The molecule has 2 N–H and O–H groups in total. The van der Waals surface area contributed by atoms with Crippen LogP contribution in [0.25, 0.3) is 0 Å². The first kappa shape index (κ1) is 12.5. The largest absolute Gasteiger partial charge is 0.478 e. The Morgan fingerprint density at radius 2 is 1.89 bits per heavy atom. The van der Waals surface area contributed by atoms with Crippen LogP contribution in [-0.2, 0) is 6.54 Å². The fourth-order valence-corrected chi connectivity index (χ4v) is 1.79. The van der Waals surface area contributed by atoms with E-state index in [2.05, 4.69) is 5.32 Å². The topological polar surface area (TPSA) is 49.3 Å². The number of hydrogen-bond acceptors (Lipinski definition) is 2. The second-order valence-electron chi connectivity index (χ2n) is 3.87.